The van der Waals surface area contributed by atoms with Crippen LogP contribution in [0.1, 0.15) is 17.2 Å². The van der Waals surface area contributed by atoms with E-state index in [0.717, 1.165) is 24.2 Å². The number of hydrogen-bond donors (Lipinski definition) is 1. The van der Waals surface area contributed by atoms with Gasteiger partial charge in [-0.2, -0.15) is 0 Å². The van der Waals surface area contributed by atoms with E-state index in [1.807, 2.05) is 12.1 Å². The van der Waals surface area contributed by atoms with Crippen molar-refractivity contribution in [3.05, 3.63) is 51.5 Å². The smallest absolute Gasteiger partial charge is 0.231 e. The number of aromatic hydroxyl groups is 1. The normalized spacial score (nSPS) is 18.3. The van der Waals surface area contributed by atoms with Gasteiger partial charge in [-0.25, -0.2) is 0 Å². The van der Waals surface area contributed by atoms with Gasteiger partial charge in [-0.05, 0) is 23.8 Å². The zero-order valence-electron chi connectivity index (χ0n) is 13.4. The topological polar surface area (TPSA) is 51.2 Å². The summed E-state index contributed by atoms with van der Waals surface area (Å²) in [6.07, 6.45) is 0. The molecule has 5 nitrogen and oxygen atoms in total. The van der Waals surface area contributed by atoms with Crippen LogP contribution in [0.15, 0.2) is 30.3 Å². The van der Waals surface area contributed by atoms with Gasteiger partial charge in [0.25, 0.3) is 0 Å². The number of phenols is 1. The summed E-state index contributed by atoms with van der Waals surface area (Å²) in [6, 6.07) is 8.60. The fourth-order valence-electron chi connectivity index (χ4n) is 3.29. The first-order chi connectivity index (χ1) is 12.1. The van der Waals surface area contributed by atoms with Crippen LogP contribution in [0.3, 0.4) is 0 Å². The predicted molar refractivity (Wildman–Crippen MR) is 94.9 cm³/mol. The Labute approximate surface area is 155 Å². The van der Waals surface area contributed by atoms with Gasteiger partial charge in [0, 0.05) is 34.8 Å². The summed E-state index contributed by atoms with van der Waals surface area (Å²) in [6.45, 7) is 2.89. The van der Waals surface area contributed by atoms with Crippen molar-refractivity contribution in [2.75, 3.05) is 33.1 Å². The Bertz CT molecular complexity index is 793. The molecule has 4 rings (SSSR count). The number of phenolic OH excluding ortho intramolecular Hbond substituents is 1. The molecular formula is C18H17Cl2NO4. The van der Waals surface area contributed by atoms with Crippen LogP contribution in [0, 0.1) is 0 Å². The summed E-state index contributed by atoms with van der Waals surface area (Å²) in [5.41, 5.74) is 1.59. The fourth-order valence-corrected chi connectivity index (χ4v) is 3.80. The monoisotopic (exact) mass is 381 g/mol. The van der Waals surface area contributed by atoms with Crippen LogP contribution in [0.2, 0.25) is 10.0 Å². The lowest BCUT2D eigenvalue weighted by atomic mass is 9.95. The molecule has 0 spiro atoms. The van der Waals surface area contributed by atoms with Gasteiger partial charge in [0.05, 0.1) is 19.3 Å². The highest BCUT2D eigenvalue weighted by Crippen LogP contribution is 2.44. The second-order valence-corrected chi connectivity index (χ2v) is 6.82. The van der Waals surface area contributed by atoms with Crippen molar-refractivity contribution in [2.45, 2.75) is 6.04 Å². The molecule has 7 heteroatoms. The zero-order chi connectivity index (χ0) is 17.4. The second-order valence-electron chi connectivity index (χ2n) is 5.98. The highest BCUT2D eigenvalue weighted by atomic mass is 35.5. The highest BCUT2D eigenvalue weighted by Gasteiger charge is 2.30. The summed E-state index contributed by atoms with van der Waals surface area (Å²) >= 11 is 12.5. The van der Waals surface area contributed by atoms with E-state index in [0.29, 0.717) is 34.8 Å². The largest absolute Gasteiger partial charge is 0.507 e. The second kappa shape index (κ2) is 6.92. The molecule has 2 heterocycles. The average molecular weight is 382 g/mol. The molecule has 0 aliphatic carbocycles. The number of halogens is 2. The van der Waals surface area contributed by atoms with Crippen LogP contribution in [0.5, 0.6) is 17.2 Å². The molecule has 1 saturated heterocycles. The average Bonchev–Trinajstić information content (AvgIpc) is 3.05. The van der Waals surface area contributed by atoms with E-state index in [9.17, 15) is 5.11 Å². The molecule has 2 aromatic carbocycles. The van der Waals surface area contributed by atoms with Gasteiger partial charge in [-0.3, -0.25) is 4.90 Å². The number of morpholine rings is 1. The maximum absolute atomic E-state index is 10.6. The summed E-state index contributed by atoms with van der Waals surface area (Å²) in [4.78, 5) is 2.23. The SMILES string of the molecule is Oc1cc2c(cc1[C@@H](c1ccc(Cl)cc1Cl)N1CCOCC1)OCO2. The van der Waals surface area contributed by atoms with Gasteiger partial charge < -0.3 is 19.3 Å². The lowest BCUT2D eigenvalue weighted by Crippen LogP contribution is -2.39. The minimum atomic E-state index is -0.233. The molecule has 0 aromatic heterocycles. The molecule has 1 N–H and O–H groups in total. The first-order valence-electron chi connectivity index (χ1n) is 8.03. The van der Waals surface area contributed by atoms with Crippen LogP contribution in [-0.2, 0) is 4.74 Å². The van der Waals surface area contributed by atoms with Crippen LogP contribution in [0.25, 0.3) is 0 Å². The van der Waals surface area contributed by atoms with Gasteiger partial charge in [-0.15, -0.1) is 0 Å². The Kier molecular flexibility index (Phi) is 4.65. The maximum Gasteiger partial charge on any atom is 0.231 e. The van der Waals surface area contributed by atoms with E-state index in [-0.39, 0.29) is 18.6 Å². The van der Waals surface area contributed by atoms with Gasteiger partial charge in [0.2, 0.25) is 6.79 Å². The van der Waals surface area contributed by atoms with Crippen LogP contribution >= 0.6 is 23.2 Å². The van der Waals surface area contributed by atoms with E-state index >= 15 is 0 Å². The first kappa shape index (κ1) is 16.8. The van der Waals surface area contributed by atoms with Gasteiger partial charge in [0.15, 0.2) is 11.5 Å². The number of ether oxygens (including phenoxy) is 3. The molecule has 25 heavy (non-hydrogen) atoms. The van der Waals surface area contributed by atoms with Crippen LogP contribution in [-0.4, -0.2) is 43.1 Å². The van der Waals surface area contributed by atoms with Crippen molar-refractivity contribution in [2.24, 2.45) is 0 Å². The molecule has 0 amide bonds. The Morgan fingerprint density at radius 3 is 2.40 bits per heavy atom. The molecule has 2 aliphatic heterocycles. The highest BCUT2D eigenvalue weighted by molar-refractivity contribution is 6.35. The fraction of sp³-hybridized carbons (Fsp3) is 0.333. The number of nitrogens with zero attached hydrogens (tertiary/aromatic N) is 1. The standard InChI is InChI=1S/C18H17Cl2NO4/c19-11-1-2-12(14(20)7-11)18(21-3-5-23-6-4-21)13-8-16-17(9-15(13)22)25-10-24-16/h1-2,7-9,18,22H,3-6,10H2/t18-/m1/s1. The molecule has 0 bridgehead atoms. The molecule has 1 atom stereocenters. The van der Waals surface area contributed by atoms with E-state index in [2.05, 4.69) is 4.90 Å². The quantitative estimate of drug-likeness (QED) is 0.874. The van der Waals surface area contributed by atoms with E-state index < -0.39 is 0 Å². The van der Waals surface area contributed by atoms with E-state index in [4.69, 9.17) is 37.4 Å². The number of benzene rings is 2. The van der Waals surface area contributed by atoms with Crippen LogP contribution in [0.4, 0.5) is 0 Å². The van der Waals surface area contributed by atoms with Crippen molar-refractivity contribution < 1.29 is 19.3 Å². The molecule has 0 saturated carbocycles. The summed E-state index contributed by atoms with van der Waals surface area (Å²) in [5, 5.41) is 11.7. The van der Waals surface area contributed by atoms with Crippen LogP contribution < -0.4 is 9.47 Å². The molecule has 2 aromatic rings. The molecule has 0 unspecified atom stereocenters. The van der Waals surface area contributed by atoms with E-state index in [1.54, 1.807) is 18.2 Å². The van der Waals surface area contributed by atoms with Gasteiger partial charge >= 0.3 is 0 Å². The summed E-state index contributed by atoms with van der Waals surface area (Å²) in [7, 11) is 0. The Hall–Kier alpha value is -1.66. The Morgan fingerprint density at radius 1 is 0.960 bits per heavy atom. The maximum atomic E-state index is 10.6. The Morgan fingerprint density at radius 2 is 1.68 bits per heavy atom. The number of fused-ring (bicyclic) bond motifs is 1. The third-order valence-corrected chi connectivity index (χ3v) is 5.05. The number of rotatable bonds is 3. The summed E-state index contributed by atoms with van der Waals surface area (Å²) in [5.74, 6) is 1.31. The lowest BCUT2D eigenvalue weighted by molar-refractivity contribution is 0.0235. The van der Waals surface area contributed by atoms with Crippen molar-refractivity contribution in [1.29, 1.82) is 0 Å². The first-order valence-corrected chi connectivity index (χ1v) is 8.78. The van der Waals surface area contributed by atoms with E-state index in [1.165, 1.54) is 0 Å². The predicted octanol–water partition coefficient (Wildman–Crippen LogP) is 3.85. The third kappa shape index (κ3) is 3.25. The number of hydrogen-bond acceptors (Lipinski definition) is 5. The van der Waals surface area contributed by atoms with Crippen molar-refractivity contribution >= 4 is 23.2 Å². The van der Waals surface area contributed by atoms with Gasteiger partial charge in [-0.1, -0.05) is 29.3 Å². The molecule has 2 aliphatic rings. The molecule has 132 valence electrons. The van der Waals surface area contributed by atoms with Crippen molar-refractivity contribution in [1.82, 2.24) is 4.90 Å². The summed E-state index contributed by atoms with van der Waals surface area (Å²) < 4.78 is 16.3. The lowest BCUT2D eigenvalue weighted by Gasteiger charge is -2.35. The third-order valence-electron chi connectivity index (χ3n) is 4.48. The minimum Gasteiger partial charge on any atom is -0.507 e. The minimum absolute atomic E-state index is 0.145. The Balaban J connectivity index is 1.83. The van der Waals surface area contributed by atoms with Crippen molar-refractivity contribution in [3.63, 3.8) is 0 Å². The van der Waals surface area contributed by atoms with Gasteiger partial charge in [0.1, 0.15) is 5.75 Å². The molecule has 1 fully saturated rings. The molecule has 0 radical (unpaired) electrons. The zero-order valence-corrected chi connectivity index (χ0v) is 14.9. The molecular weight excluding hydrogens is 365 g/mol. The van der Waals surface area contributed by atoms with Crippen molar-refractivity contribution in [3.8, 4) is 17.2 Å².